The molecule has 1 N–H and O–H groups in total. The van der Waals surface area contributed by atoms with Crippen molar-refractivity contribution in [1.82, 2.24) is 24.9 Å². The number of hydrogen-bond donors (Lipinski definition) is 1. The Bertz CT molecular complexity index is 641. The van der Waals surface area contributed by atoms with E-state index < -0.39 is 0 Å². The van der Waals surface area contributed by atoms with Crippen molar-refractivity contribution in [1.29, 1.82) is 0 Å². The third-order valence-corrected chi connectivity index (χ3v) is 4.00. The summed E-state index contributed by atoms with van der Waals surface area (Å²) in [5.41, 5.74) is 3.94. The molecule has 2 aromatic heterocycles. The van der Waals surface area contributed by atoms with Crippen LogP contribution in [0.4, 0.5) is 0 Å². The minimum absolute atomic E-state index is 0.00306. The van der Waals surface area contributed by atoms with Crippen molar-refractivity contribution in [2.24, 2.45) is 0 Å². The standard InChI is InChI=1S/C15H21N5O/c1-4-12-11-9-19(7-5-13(11)17-16-12)15(21)14-6-8-20(18-14)10(2)3/h6,8,10H,4-5,7,9H2,1-3H3,(H,16,17). The molecule has 2 aromatic rings. The maximum absolute atomic E-state index is 12.6. The molecule has 0 aromatic carbocycles. The molecule has 0 bridgehead atoms. The molecule has 0 radical (unpaired) electrons. The average molecular weight is 287 g/mol. The largest absolute Gasteiger partial charge is 0.332 e. The fourth-order valence-electron chi connectivity index (χ4n) is 2.72. The number of hydrogen-bond acceptors (Lipinski definition) is 3. The number of carbonyl (C=O) groups excluding carboxylic acids is 1. The normalized spacial score (nSPS) is 14.6. The summed E-state index contributed by atoms with van der Waals surface area (Å²) in [5, 5.41) is 11.8. The summed E-state index contributed by atoms with van der Waals surface area (Å²) in [5.74, 6) is 0.00306. The fraction of sp³-hybridized carbons (Fsp3) is 0.533. The maximum atomic E-state index is 12.6. The topological polar surface area (TPSA) is 66.8 Å². The second-order valence-electron chi connectivity index (χ2n) is 5.73. The zero-order chi connectivity index (χ0) is 15.0. The lowest BCUT2D eigenvalue weighted by molar-refractivity contribution is 0.0727. The van der Waals surface area contributed by atoms with E-state index in [2.05, 4.69) is 22.2 Å². The van der Waals surface area contributed by atoms with Gasteiger partial charge in [0.05, 0.1) is 5.69 Å². The van der Waals surface area contributed by atoms with Crippen molar-refractivity contribution in [3.05, 3.63) is 34.9 Å². The predicted octanol–water partition coefficient (Wildman–Crippen LogP) is 1.95. The summed E-state index contributed by atoms with van der Waals surface area (Å²) in [6.07, 6.45) is 3.58. The number of fused-ring (bicyclic) bond motifs is 1. The van der Waals surface area contributed by atoms with Gasteiger partial charge in [-0.05, 0) is 26.3 Å². The number of rotatable bonds is 3. The second-order valence-corrected chi connectivity index (χ2v) is 5.73. The number of amides is 1. The summed E-state index contributed by atoms with van der Waals surface area (Å²) in [7, 11) is 0. The van der Waals surface area contributed by atoms with Crippen molar-refractivity contribution in [3.63, 3.8) is 0 Å². The number of aromatic amines is 1. The van der Waals surface area contributed by atoms with E-state index in [9.17, 15) is 4.79 Å². The Morgan fingerprint density at radius 1 is 1.48 bits per heavy atom. The van der Waals surface area contributed by atoms with E-state index in [4.69, 9.17) is 0 Å². The van der Waals surface area contributed by atoms with Gasteiger partial charge in [-0.3, -0.25) is 14.6 Å². The van der Waals surface area contributed by atoms with Crippen molar-refractivity contribution in [2.45, 2.75) is 46.2 Å². The Labute approximate surface area is 124 Å². The van der Waals surface area contributed by atoms with E-state index in [0.29, 0.717) is 18.8 Å². The number of nitrogens with one attached hydrogen (secondary N) is 1. The van der Waals surface area contributed by atoms with E-state index in [1.165, 1.54) is 11.3 Å². The Morgan fingerprint density at radius 2 is 2.29 bits per heavy atom. The average Bonchev–Trinajstić information content (AvgIpc) is 3.12. The highest BCUT2D eigenvalue weighted by Gasteiger charge is 2.26. The van der Waals surface area contributed by atoms with E-state index in [1.54, 1.807) is 6.07 Å². The lowest BCUT2D eigenvalue weighted by Crippen LogP contribution is -2.36. The first kappa shape index (κ1) is 13.9. The molecule has 6 heteroatoms. The zero-order valence-corrected chi connectivity index (χ0v) is 12.8. The molecule has 0 atom stereocenters. The molecule has 3 heterocycles. The van der Waals surface area contributed by atoms with Gasteiger partial charge in [0.15, 0.2) is 0 Å². The maximum Gasteiger partial charge on any atom is 0.274 e. The highest BCUT2D eigenvalue weighted by molar-refractivity contribution is 5.92. The molecule has 0 spiro atoms. The summed E-state index contributed by atoms with van der Waals surface area (Å²) in [6, 6.07) is 2.06. The fourth-order valence-corrected chi connectivity index (χ4v) is 2.72. The van der Waals surface area contributed by atoms with Crippen LogP contribution in [0.5, 0.6) is 0 Å². The van der Waals surface area contributed by atoms with Crippen LogP contribution in [0.2, 0.25) is 0 Å². The zero-order valence-electron chi connectivity index (χ0n) is 12.8. The van der Waals surface area contributed by atoms with Crippen LogP contribution in [0.1, 0.15) is 54.3 Å². The van der Waals surface area contributed by atoms with Crippen LogP contribution in [0.3, 0.4) is 0 Å². The molecule has 0 fully saturated rings. The molecule has 21 heavy (non-hydrogen) atoms. The van der Waals surface area contributed by atoms with Crippen LogP contribution >= 0.6 is 0 Å². The molecule has 3 rings (SSSR count). The summed E-state index contributed by atoms with van der Waals surface area (Å²) >= 11 is 0. The number of H-pyrrole nitrogens is 1. The summed E-state index contributed by atoms with van der Waals surface area (Å²) in [4.78, 5) is 14.5. The summed E-state index contributed by atoms with van der Waals surface area (Å²) in [6.45, 7) is 7.52. The van der Waals surface area contributed by atoms with E-state index >= 15 is 0 Å². The third-order valence-electron chi connectivity index (χ3n) is 4.00. The molecular weight excluding hydrogens is 266 g/mol. The number of carbonyl (C=O) groups is 1. The van der Waals surface area contributed by atoms with Crippen molar-refractivity contribution >= 4 is 5.91 Å². The van der Waals surface area contributed by atoms with Gasteiger partial charge in [-0.15, -0.1) is 0 Å². The Balaban J connectivity index is 1.80. The van der Waals surface area contributed by atoms with Crippen LogP contribution in [-0.4, -0.2) is 37.3 Å². The minimum Gasteiger partial charge on any atom is -0.332 e. The molecule has 1 aliphatic heterocycles. The lowest BCUT2D eigenvalue weighted by Gasteiger charge is -2.26. The van der Waals surface area contributed by atoms with Crippen LogP contribution in [0, 0.1) is 0 Å². The molecule has 1 aliphatic rings. The molecule has 0 saturated carbocycles. The van der Waals surface area contributed by atoms with Gasteiger partial charge in [-0.1, -0.05) is 6.92 Å². The predicted molar refractivity (Wildman–Crippen MR) is 79.0 cm³/mol. The Morgan fingerprint density at radius 3 is 2.95 bits per heavy atom. The van der Waals surface area contributed by atoms with Gasteiger partial charge < -0.3 is 4.90 Å². The molecule has 6 nitrogen and oxygen atoms in total. The number of aromatic nitrogens is 4. The van der Waals surface area contributed by atoms with Gasteiger partial charge in [-0.2, -0.15) is 10.2 Å². The Hall–Kier alpha value is -2.11. The number of aryl methyl sites for hydroxylation is 1. The smallest absolute Gasteiger partial charge is 0.274 e. The summed E-state index contributed by atoms with van der Waals surface area (Å²) < 4.78 is 1.82. The van der Waals surface area contributed by atoms with E-state index in [1.807, 2.05) is 29.6 Å². The first-order chi connectivity index (χ1) is 10.1. The minimum atomic E-state index is 0.00306. The highest BCUT2D eigenvalue weighted by atomic mass is 16.2. The van der Waals surface area contributed by atoms with Gasteiger partial charge in [-0.25, -0.2) is 0 Å². The number of nitrogens with zero attached hydrogens (tertiary/aromatic N) is 4. The van der Waals surface area contributed by atoms with E-state index in [0.717, 1.165) is 18.5 Å². The van der Waals surface area contributed by atoms with Crippen molar-refractivity contribution in [3.8, 4) is 0 Å². The molecular formula is C15H21N5O. The van der Waals surface area contributed by atoms with Crippen molar-refractivity contribution < 1.29 is 4.79 Å². The molecule has 1 amide bonds. The first-order valence-corrected chi connectivity index (χ1v) is 7.49. The quantitative estimate of drug-likeness (QED) is 0.938. The van der Waals surface area contributed by atoms with Gasteiger partial charge in [0, 0.05) is 43.0 Å². The van der Waals surface area contributed by atoms with Gasteiger partial charge in [0.25, 0.3) is 5.91 Å². The van der Waals surface area contributed by atoms with Gasteiger partial charge >= 0.3 is 0 Å². The Kier molecular flexibility index (Phi) is 3.53. The molecule has 0 aliphatic carbocycles. The van der Waals surface area contributed by atoms with Crippen LogP contribution in [0.25, 0.3) is 0 Å². The molecule has 112 valence electrons. The van der Waals surface area contributed by atoms with Gasteiger partial charge in [0.1, 0.15) is 5.69 Å². The van der Waals surface area contributed by atoms with Crippen LogP contribution < -0.4 is 0 Å². The van der Waals surface area contributed by atoms with Crippen LogP contribution in [-0.2, 0) is 19.4 Å². The molecule has 0 saturated heterocycles. The third kappa shape index (κ3) is 2.46. The van der Waals surface area contributed by atoms with Crippen molar-refractivity contribution in [2.75, 3.05) is 6.54 Å². The first-order valence-electron chi connectivity index (χ1n) is 7.49. The van der Waals surface area contributed by atoms with Gasteiger partial charge in [0.2, 0.25) is 0 Å². The van der Waals surface area contributed by atoms with Crippen LogP contribution in [0.15, 0.2) is 12.3 Å². The monoisotopic (exact) mass is 287 g/mol. The van der Waals surface area contributed by atoms with E-state index in [-0.39, 0.29) is 11.9 Å². The lowest BCUT2D eigenvalue weighted by atomic mass is 10.0. The SMILES string of the molecule is CCc1n[nH]c2c1CN(C(=O)c1ccn(C(C)C)n1)CC2. The second kappa shape index (κ2) is 5.35. The highest BCUT2D eigenvalue weighted by Crippen LogP contribution is 2.22. The molecule has 0 unspecified atom stereocenters.